The van der Waals surface area contributed by atoms with Crippen LogP contribution in [0.2, 0.25) is 0 Å². The van der Waals surface area contributed by atoms with E-state index in [9.17, 15) is 0 Å². The van der Waals surface area contributed by atoms with Gasteiger partial charge < -0.3 is 14.8 Å². The molecule has 0 fully saturated rings. The molecule has 1 aromatic heterocycles. The molecule has 0 radical (unpaired) electrons. The van der Waals surface area contributed by atoms with Crippen molar-refractivity contribution in [3.63, 3.8) is 0 Å². The summed E-state index contributed by atoms with van der Waals surface area (Å²) in [5.74, 6) is 1.64. The van der Waals surface area contributed by atoms with Crippen LogP contribution in [0.15, 0.2) is 30.6 Å². The van der Waals surface area contributed by atoms with E-state index >= 15 is 0 Å². The van der Waals surface area contributed by atoms with Crippen LogP contribution in [0.3, 0.4) is 0 Å². The van der Waals surface area contributed by atoms with Gasteiger partial charge in [0.1, 0.15) is 12.1 Å². The highest BCUT2D eigenvalue weighted by molar-refractivity contribution is 5.33. The lowest BCUT2D eigenvalue weighted by molar-refractivity contribution is 0.199. The third kappa shape index (κ3) is 4.04. The van der Waals surface area contributed by atoms with Crippen molar-refractivity contribution < 1.29 is 9.47 Å². The van der Waals surface area contributed by atoms with Gasteiger partial charge >= 0.3 is 0 Å². The topological polar surface area (TPSA) is 61.2 Å². The highest BCUT2D eigenvalue weighted by atomic mass is 16.5. The van der Waals surface area contributed by atoms with E-state index in [4.69, 9.17) is 9.47 Å². The van der Waals surface area contributed by atoms with Crippen molar-refractivity contribution in [3.8, 4) is 5.75 Å². The number of para-hydroxylation sites is 1. The normalized spacial score (nSPS) is 10.7. The lowest BCUT2D eigenvalue weighted by Crippen LogP contribution is -2.19. The fourth-order valence-corrected chi connectivity index (χ4v) is 1.87. The van der Waals surface area contributed by atoms with Gasteiger partial charge in [0.05, 0.1) is 26.8 Å². The van der Waals surface area contributed by atoms with Crippen molar-refractivity contribution in [2.45, 2.75) is 13.1 Å². The molecule has 0 spiro atoms. The number of ether oxygens (including phenoxy) is 2. The lowest BCUT2D eigenvalue weighted by Gasteiger charge is -2.07. The van der Waals surface area contributed by atoms with Crippen LogP contribution in [0.4, 0.5) is 0 Å². The Kier molecular flexibility index (Phi) is 5.52. The van der Waals surface area contributed by atoms with Crippen molar-refractivity contribution in [1.29, 1.82) is 0 Å². The van der Waals surface area contributed by atoms with Crippen LogP contribution in [-0.2, 0) is 17.8 Å². The van der Waals surface area contributed by atoms with Crippen molar-refractivity contribution in [2.75, 3.05) is 27.4 Å². The number of rotatable bonds is 8. The Bertz CT molecular complexity index is 527. The van der Waals surface area contributed by atoms with Crippen molar-refractivity contribution >= 4 is 0 Å². The predicted octanol–water partition coefficient (Wildman–Crippen LogP) is 1.07. The van der Waals surface area contributed by atoms with Crippen LogP contribution in [0.1, 0.15) is 11.4 Å². The Hall–Kier alpha value is -1.92. The highest BCUT2D eigenvalue weighted by Crippen LogP contribution is 2.17. The van der Waals surface area contributed by atoms with Gasteiger partial charge in [-0.05, 0) is 6.07 Å². The first-order chi connectivity index (χ1) is 9.83. The van der Waals surface area contributed by atoms with Crippen LogP contribution < -0.4 is 10.1 Å². The largest absolute Gasteiger partial charge is 0.496 e. The molecule has 0 aliphatic heterocycles. The molecule has 0 saturated carbocycles. The van der Waals surface area contributed by atoms with Gasteiger partial charge in [-0.25, -0.2) is 9.67 Å². The number of benzene rings is 1. The summed E-state index contributed by atoms with van der Waals surface area (Å²) in [6, 6.07) is 7.91. The summed E-state index contributed by atoms with van der Waals surface area (Å²) in [5.41, 5.74) is 1.08. The summed E-state index contributed by atoms with van der Waals surface area (Å²) in [6.45, 7) is 2.76. The van der Waals surface area contributed by atoms with E-state index < -0.39 is 0 Å². The average molecular weight is 276 g/mol. The number of methoxy groups -OCH3 is 2. The summed E-state index contributed by atoms with van der Waals surface area (Å²) in [7, 11) is 3.35. The Morgan fingerprint density at radius 1 is 1.25 bits per heavy atom. The van der Waals surface area contributed by atoms with Gasteiger partial charge in [-0.1, -0.05) is 18.2 Å². The molecule has 0 saturated heterocycles. The zero-order chi connectivity index (χ0) is 14.2. The van der Waals surface area contributed by atoms with Gasteiger partial charge in [0.15, 0.2) is 5.82 Å². The predicted molar refractivity (Wildman–Crippen MR) is 75.7 cm³/mol. The van der Waals surface area contributed by atoms with Gasteiger partial charge in [-0.15, -0.1) is 0 Å². The highest BCUT2D eigenvalue weighted by Gasteiger charge is 2.05. The molecule has 0 bridgehead atoms. The smallest absolute Gasteiger partial charge is 0.164 e. The molecule has 2 aromatic rings. The van der Waals surface area contributed by atoms with Gasteiger partial charge in [-0.2, -0.15) is 5.10 Å². The molecule has 0 aliphatic carbocycles. The second kappa shape index (κ2) is 7.62. The molecular formula is C14H20N4O2. The summed E-state index contributed by atoms with van der Waals surface area (Å²) in [4.78, 5) is 4.27. The second-order valence-corrected chi connectivity index (χ2v) is 4.34. The lowest BCUT2D eigenvalue weighted by atomic mass is 10.2. The Morgan fingerprint density at radius 3 is 2.90 bits per heavy atom. The van der Waals surface area contributed by atoms with E-state index in [2.05, 4.69) is 15.4 Å². The minimum Gasteiger partial charge on any atom is -0.496 e. The number of nitrogens with one attached hydrogen (secondary N) is 1. The van der Waals surface area contributed by atoms with Crippen LogP contribution >= 0.6 is 0 Å². The van der Waals surface area contributed by atoms with Crippen LogP contribution in [0, 0.1) is 0 Å². The third-order valence-corrected chi connectivity index (χ3v) is 2.87. The molecule has 108 valence electrons. The Balaban J connectivity index is 1.92. The molecule has 20 heavy (non-hydrogen) atoms. The van der Waals surface area contributed by atoms with E-state index in [0.717, 1.165) is 23.7 Å². The van der Waals surface area contributed by atoms with Crippen LogP contribution in [0.5, 0.6) is 5.75 Å². The number of hydrogen-bond acceptors (Lipinski definition) is 5. The zero-order valence-corrected chi connectivity index (χ0v) is 11.9. The maximum atomic E-state index is 5.33. The Labute approximate surface area is 118 Å². The quantitative estimate of drug-likeness (QED) is 0.731. The van der Waals surface area contributed by atoms with Gasteiger partial charge in [0, 0.05) is 19.2 Å². The fourth-order valence-electron chi connectivity index (χ4n) is 1.87. The molecule has 6 heteroatoms. The zero-order valence-electron chi connectivity index (χ0n) is 11.9. The first kappa shape index (κ1) is 14.5. The molecule has 1 aromatic carbocycles. The standard InChI is InChI=1S/C14H20N4O2/c1-19-8-7-15-9-14-16-11-18(17-14)10-12-5-3-4-6-13(12)20-2/h3-6,11,15H,7-10H2,1-2H3. The number of aromatic nitrogens is 3. The van der Waals surface area contributed by atoms with Crippen molar-refractivity contribution in [1.82, 2.24) is 20.1 Å². The molecule has 0 aliphatic rings. The average Bonchev–Trinajstić information content (AvgIpc) is 2.92. The minimum absolute atomic E-state index is 0.641. The first-order valence-corrected chi connectivity index (χ1v) is 6.53. The van der Waals surface area contributed by atoms with E-state index in [0.29, 0.717) is 19.7 Å². The number of hydrogen-bond donors (Lipinski definition) is 1. The molecule has 6 nitrogen and oxygen atoms in total. The minimum atomic E-state index is 0.641. The van der Waals surface area contributed by atoms with E-state index in [-0.39, 0.29) is 0 Å². The SMILES string of the molecule is COCCNCc1ncn(Cc2ccccc2OC)n1. The third-order valence-electron chi connectivity index (χ3n) is 2.87. The summed E-state index contributed by atoms with van der Waals surface area (Å²) in [6.07, 6.45) is 1.74. The van der Waals surface area contributed by atoms with Gasteiger partial charge in [-0.3, -0.25) is 0 Å². The fraction of sp³-hybridized carbons (Fsp3) is 0.429. The van der Waals surface area contributed by atoms with Crippen LogP contribution in [0.25, 0.3) is 0 Å². The number of nitrogens with zero attached hydrogens (tertiary/aromatic N) is 3. The van der Waals surface area contributed by atoms with Gasteiger partial charge in [0.2, 0.25) is 0 Å². The van der Waals surface area contributed by atoms with E-state index in [1.807, 2.05) is 28.9 Å². The van der Waals surface area contributed by atoms with Crippen molar-refractivity contribution in [3.05, 3.63) is 42.0 Å². The summed E-state index contributed by atoms with van der Waals surface area (Å²) >= 11 is 0. The Morgan fingerprint density at radius 2 is 2.10 bits per heavy atom. The van der Waals surface area contributed by atoms with E-state index in [1.54, 1.807) is 20.5 Å². The maximum Gasteiger partial charge on any atom is 0.164 e. The molecule has 1 heterocycles. The first-order valence-electron chi connectivity index (χ1n) is 6.53. The maximum absolute atomic E-state index is 5.33. The molecular weight excluding hydrogens is 256 g/mol. The summed E-state index contributed by atoms with van der Waals surface area (Å²) < 4.78 is 12.1. The van der Waals surface area contributed by atoms with Crippen LogP contribution in [-0.4, -0.2) is 42.1 Å². The molecule has 0 atom stereocenters. The van der Waals surface area contributed by atoms with Gasteiger partial charge in [0.25, 0.3) is 0 Å². The molecule has 0 amide bonds. The second-order valence-electron chi connectivity index (χ2n) is 4.34. The molecule has 2 rings (SSSR count). The van der Waals surface area contributed by atoms with E-state index in [1.165, 1.54) is 0 Å². The monoisotopic (exact) mass is 276 g/mol. The molecule has 0 unspecified atom stereocenters. The summed E-state index contributed by atoms with van der Waals surface area (Å²) in [5, 5.41) is 7.64. The van der Waals surface area contributed by atoms with Crippen molar-refractivity contribution in [2.24, 2.45) is 0 Å². The molecule has 1 N–H and O–H groups in total.